The van der Waals surface area contributed by atoms with Crippen molar-refractivity contribution in [3.8, 4) is 11.4 Å². The number of carboxylic acids is 1. The highest BCUT2D eigenvalue weighted by atomic mass is 16.5. The molecule has 0 amide bonds. The van der Waals surface area contributed by atoms with Gasteiger partial charge in [0.15, 0.2) is 0 Å². The van der Waals surface area contributed by atoms with Crippen LogP contribution in [0, 0.1) is 0 Å². The Labute approximate surface area is 132 Å². The molecule has 1 aromatic heterocycles. The molecule has 0 spiro atoms. The summed E-state index contributed by atoms with van der Waals surface area (Å²) in [6, 6.07) is 6.37. The van der Waals surface area contributed by atoms with Crippen molar-refractivity contribution in [3.05, 3.63) is 56.9 Å². The lowest BCUT2D eigenvalue weighted by Gasteiger charge is -2.12. The number of nitrogens with zero attached hydrogens (tertiary/aromatic N) is 2. The van der Waals surface area contributed by atoms with Crippen LogP contribution in [0.5, 0.6) is 5.75 Å². The van der Waals surface area contributed by atoms with Crippen molar-refractivity contribution in [2.75, 3.05) is 7.11 Å². The number of rotatable bonds is 6. The quantitative estimate of drug-likeness (QED) is 0.872. The van der Waals surface area contributed by atoms with Gasteiger partial charge in [0.2, 0.25) is 0 Å². The van der Waals surface area contributed by atoms with Crippen LogP contribution in [0.3, 0.4) is 0 Å². The summed E-state index contributed by atoms with van der Waals surface area (Å²) >= 11 is 0. The van der Waals surface area contributed by atoms with Gasteiger partial charge < -0.3 is 9.84 Å². The zero-order valence-corrected chi connectivity index (χ0v) is 13.0. The van der Waals surface area contributed by atoms with Crippen molar-refractivity contribution in [1.82, 2.24) is 9.13 Å². The lowest BCUT2D eigenvalue weighted by molar-refractivity contribution is 0.0693. The van der Waals surface area contributed by atoms with E-state index >= 15 is 0 Å². The maximum absolute atomic E-state index is 12.6. The van der Waals surface area contributed by atoms with E-state index in [0.29, 0.717) is 18.7 Å². The monoisotopic (exact) mass is 318 g/mol. The molecule has 0 atom stereocenters. The van der Waals surface area contributed by atoms with Crippen molar-refractivity contribution in [3.63, 3.8) is 0 Å². The van der Waals surface area contributed by atoms with Crippen molar-refractivity contribution in [1.29, 1.82) is 0 Å². The number of carboxylic acid groups (broad SMARTS) is 1. The second-order valence-electron chi connectivity index (χ2n) is 5.02. The maximum Gasteiger partial charge on any atom is 0.342 e. The third kappa shape index (κ3) is 3.33. The van der Waals surface area contributed by atoms with E-state index in [1.807, 2.05) is 6.92 Å². The molecule has 1 heterocycles. The standard InChI is InChI=1S/C16H18N2O5/c1-3-4-8-17-10-13(15(20)21)14(19)18(16(17)22)11-6-5-7-12(9-11)23-2/h5-7,9-10H,3-4,8H2,1-2H3,(H,20,21). The Kier molecular flexibility index (Phi) is 5.00. The largest absolute Gasteiger partial charge is 0.497 e. The van der Waals surface area contributed by atoms with Crippen LogP contribution in [-0.4, -0.2) is 27.3 Å². The molecule has 0 unspecified atom stereocenters. The van der Waals surface area contributed by atoms with Crippen molar-refractivity contribution in [2.24, 2.45) is 0 Å². The number of aromatic carboxylic acids is 1. The summed E-state index contributed by atoms with van der Waals surface area (Å²) in [4.78, 5) is 36.3. The summed E-state index contributed by atoms with van der Waals surface area (Å²) in [5.74, 6) is -0.897. The van der Waals surface area contributed by atoms with Crippen LogP contribution in [0.2, 0.25) is 0 Å². The van der Waals surface area contributed by atoms with Crippen LogP contribution in [0.25, 0.3) is 5.69 Å². The van der Waals surface area contributed by atoms with Gasteiger partial charge in [-0.1, -0.05) is 19.4 Å². The number of benzene rings is 1. The van der Waals surface area contributed by atoms with Crippen LogP contribution < -0.4 is 16.0 Å². The number of unbranched alkanes of at least 4 members (excludes halogenated alkanes) is 1. The third-order valence-corrected chi connectivity index (χ3v) is 3.45. The first kappa shape index (κ1) is 16.5. The van der Waals surface area contributed by atoms with E-state index in [1.165, 1.54) is 17.7 Å². The average Bonchev–Trinajstić information content (AvgIpc) is 2.54. The molecule has 2 aromatic rings. The molecule has 23 heavy (non-hydrogen) atoms. The topological polar surface area (TPSA) is 90.5 Å². The SMILES string of the molecule is CCCCn1cc(C(=O)O)c(=O)n(-c2cccc(OC)c2)c1=O. The minimum absolute atomic E-state index is 0.271. The number of aryl methyl sites for hydroxylation is 1. The third-order valence-electron chi connectivity index (χ3n) is 3.45. The van der Waals surface area contributed by atoms with E-state index in [4.69, 9.17) is 4.74 Å². The van der Waals surface area contributed by atoms with Gasteiger partial charge in [0.05, 0.1) is 12.8 Å². The number of carbonyl (C=O) groups is 1. The van der Waals surface area contributed by atoms with Crippen LogP contribution in [-0.2, 0) is 6.54 Å². The Bertz CT molecular complexity index is 835. The van der Waals surface area contributed by atoms with Crippen molar-refractivity contribution < 1.29 is 14.6 Å². The predicted molar refractivity (Wildman–Crippen MR) is 84.7 cm³/mol. The van der Waals surface area contributed by atoms with Gasteiger partial charge in [-0.15, -0.1) is 0 Å². The van der Waals surface area contributed by atoms with Crippen LogP contribution in [0.1, 0.15) is 30.1 Å². The lowest BCUT2D eigenvalue weighted by atomic mass is 10.2. The van der Waals surface area contributed by atoms with Gasteiger partial charge >= 0.3 is 11.7 Å². The number of hydrogen-bond donors (Lipinski definition) is 1. The fraction of sp³-hybridized carbons (Fsp3) is 0.312. The highest BCUT2D eigenvalue weighted by Crippen LogP contribution is 2.14. The Morgan fingerprint density at radius 2 is 2.04 bits per heavy atom. The van der Waals surface area contributed by atoms with Crippen LogP contribution >= 0.6 is 0 Å². The van der Waals surface area contributed by atoms with Gasteiger partial charge in [0, 0.05) is 18.8 Å². The van der Waals surface area contributed by atoms with Gasteiger partial charge in [-0.2, -0.15) is 0 Å². The molecule has 2 rings (SSSR count). The molecule has 0 saturated heterocycles. The van der Waals surface area contributed by atoms with E-state index < -0.39 is 22.8 Å². The van der Waals surface area contributed by atoms with Gasteiger partial charge in [0.25, 0.3) is 5.56 Å². The summed E-state index contributed by atoms with van der Waals surface area (Å²) in [7, 11) is 1.47. The molecule has 0 bridgehead atoms. The van der Waals surface area contributed by atoms with Gasteiger partial charge in [-0.05, 0) is 18.6 Å². The molecule has 0 saturated carbocycles. The Balaban J connectivity index is 2.74. The first-order valence-electron chi connectivity index (χ1n) is 7.23. The molecule has 1 N–H and O–H groups in total. The minimum atomic E-state index is -1.36. The minimum Gasteiger partial charge on any atom is -0.497 e. The fourth-order valence-corrected chi connectivity index (χ4v) is 2.21. The molecular formula is C16H18N2O5. The smallest absolute Gasteiger partial charge is 0.342 e. The van der Waals surface area contributed by atoms with E-state index in [0.717, 1.165) is 17.2 Å². The highest BCUT2D eigenvalue weighted by molar-refractivity contribution is 5.86. The highest BCUT2D eigenvalue weighted by Gasteiger charge is 2.17. The zero-order chi connectivity index (χ0) is 17.0. The zero-order valence-electron chi connectivity index (χ0n) is 13.0. The first-order valence-corrected chi connectivity index (χ1v) is 7.23. The van der Waals surface area contributed by atoms with Crippen molar-refractivity contribution >= 4 is 5.97 Å². The Hall–Kier alpha value is -2.83. The summed E-state index contributed by atoms with van der Waals surface area (Å²) in [5, 5.41) is 9.23. The number of aromatic nitrogens is 2. The summed E-state index contributed by atoms with van der Waals surface area (Å²) in [5.41, 5.74) is -1.60. The first-order chi connectivity index (χ1) is 11.0. The van der Waals surface area contributed by atoms with Crippen molar-refractivity contribution in [2.45, 2.75) is 26.3 Å². The fourth-order valence-electron chi connectivity index (χ4n) is 2.21. The predicted octanol–water partition coefficient (Wildman–Crippen LogP) is 1.51. The van der Waals surface area contributed by atoms with E-state index in [2.05, 4.69) is 0 Å². The molecule has 0 aliphatic heterocycles. The molecule has 0 aliphatic rings. The number of methoxy groups -OCH3 is 1. The normalized spacial score (nSPS) is 10.5. The summed E-state index contributed by atoms with van der Waals surface area (Å²) in [6.07, 6.45) is 2.65. The Morgan fingerprint density at radius 3 is 2.65 bits per heavy atom. The average molecular weight is 318 g/mol. The Morgan fingerprint density at radius 1 is 1.30 bits per heavy atom. The molecular weight excluding hydrogens is 300 g/mol. The second-order valence-corrected chi connectivity index (χ2v) is 5.02. The van der Waals surface area contributed by atoms with E-state index in [1.54, 1.807) is 18.2 Å². The second kappa shape index (κ2) is 6.95. The number of ether oxygens (including phenoxy) is 1. The van der Waals surface area contributed by atoms with E-state index in [-0.39, 0.29) is 5.69 Å². The maximum atomic E-state index is 12.6. The molecule has 7 heteroatoms. The van der Waals surface area contributed by atoms with Crippen LogP contribution in [0.4, 0.5) is 0 Å². The molecule has 7 nitrogen and oxygen atoms in total. The molecule has 0 radical (unpaired) electrons. The molecule has 0 fully saturated rings. The van der Waals surface area contributed by atoms with Gasteiger partial charge in [-0.25, -0.2) is 14.2 Å². The molecule has 122 valence electrons. The molecule has 0 aliphatic carbocycles. The number of hydrogen-bond acceptors (Lipinski definition) is 4. The molecule has 1 aromatic carbocycles. The summed E-state index contributed by atoms with van der Waals surface area (Å²) < 4.78 is 7.21. The van der Waals surface area contributed by atoms with Gasteiger partial charge in [-0.3, -0.25) is 9.36 Å². The lowest BCUT2D eigenvalue weighted by Crippen LogP contribution is -2.41. The van der Waals surface area contributed by atoms with Gasteiger partial charge in [0.1, 0.15) is 11.3 Å². The van der Waals surface area contributed by atoms with E-state index in [9.17, 15) is 19.5 Å². The van der Waals surface area contributed by atoms with Crippen LogP contribution in [0.15, 0.2) is 40.1 Å². The summed E-state index contributed by atoms with van der Waals surface area (Å²) in [6.45, 7) is 2.31.